The van der Waals surface area contributed by atoms with Crippen LogP contribution in [0, 0.1) is 6.92 Å². The van der Waals surface area contributed by atoms with E-state index in [0.717, 1.165) is 27.6 Å². The quantitative estimate of drug-likeness (QED) is 0.583. The maximum atomic E-state index is 9.46. The molecule has 2 aromatic carbocycles. The number of fused-ring (bicyclic) bond motifs is 3. The number of benzene rings is 2. The molecular weight excluding hydrogens is 188 g/mol. The molecule has 0 saturated carbocycles. The summed E-state index contributed by atoms with van der Waals surface area (Å²) < 4.78 is 0. The fourth-order valence-electron chi connectivity index (χ4n) is 1.90. The van der Waals surface area contributed by atoms with Crippen molar-refractivity contribution in [3.63, 3.8) is 0 Å². The molecule has 0 aliphatic heterocycles. The summed E-state index contributed by atoms with van der Waals surface area (Å²) in [4.78, 5) is 7.59. The van der Waals surface area contributed by atoms with Crippen molar-refractivity contribution in [2.75, 3.05) is 0 Å². The number of aryl methyl sites for hydroxylation is 1. The van der Waals surface area contributed by atoms with Gasteiger partial charge in [-0.1, -0.05) is 12.1 Å². The van der Waals surface area contributed by atoms with E-state index in [2.05, 4.69) is 9.97 Å². The highest BCUT2D eigenvalue weighted by Crippen LogP contribution is 2.26. The van der Waals surface area contributed by atoms with Gasteiger partial charge >= 0.3 is 0 Å². The van der Waals surface area contributed by atoms with Crippen molar-refractivity contribution in [1.29, 1.82) is 0 Å². The second-order valence-corrected chi connectivity index (χ2v) is 3.69. The summed E-state index contributed by atoms with van der Waals surface area (Å²) in [7, 11) is 0. The molecule has 15 heavy (non-hydrogen) atoms. The van der Waals surface area contributed by atoms with Crippen molar-refractivity contribution in [3.05, 3.63) is 36.2 Å². The zero-order chi connectivity index (χ0) is 10.4. The van der Waals surface area contributed by atoms with Crippen LogP contribution in [-0.4, -0.2) is 15.1 Å². The lowest BCUT2D eigenvalue weighted by Crippen LogP contribution is -1.76. The maximum Gasteiger partial charge on any atom is 0.116 e. The highest BCUT2D eigenvalue weighted by molar-refractivity contribution is 6.04. The van der Waals surface area contributed by atoms with E-state index < -0.39 is 0 Å². The highest BCUT2D eigenvalue weighted by Gasteiger charge is 2.04. The lowest BCUT2D eigenvalue weighted by molar-refractivity contribution is 0.476. The van der Waals surface area contributed by atoms with E-state index in [1.54, 1.807) is 12.1 Å². The molecule has 3 rings (SSSR count). The van der Waals surface area contributed by atoms with Gasteiger partial charge in [-0.2, -0.15) is 0 Å². The van der Waals surface area contributed by atoms with E-state index in [1.807, 2.05) is 25.1 Å². The number of hydrogen-bond donors (Lipinski definition) is 2. The Bertz CT molecular complexity index is 655. The molecule has 1 heterocycles. The third-order valence-electron chi connectivity index (χ3n) is 2.57. The van der Waals surface area contributed by atoms with Crippen molar-refractivity contribution in [1.82, 2.24) is 9.97 Å². The number of rotatable bonds is 0. The summed E-state index contributed by atoms with van der Waals surface area (Å²) in [5.41, 5.74) is 1.92. The molecule has 3 nitrogen and oxygen atoms in total. The number of aromatic nitrogens is 2. The molecule has 3 aromatic rings. The Labute approximate surface area is 86.4 Å². The maximum absolute atomic E-state index is 9.46. The number of phenolic OH excluding ortho intramolecular Hbond substituents is 1. The molecule has 0 spiro atoms. The topological polar surface area (TPSA) is 48.9 Å². The number of nitrogens with one attached hydrogen (secondary N) is 1. The number of hydrogen-bond acceptors (Lipinski definition) is 2. The molecule has 1 aromatic heterocycles. The Morgan fingerprint density at radius 3 is 2.87 bits per heavy atom. The van der Waals surface area contributed by atoms with Crippen molar-refractivity contribution in [3.8, 4) is 5.75 Å². The predicted octanol–water partition coefficient (Wildman–Crippen LogP) is 2.73. The monoisotopic (exact) mass is 198 g/mol. The van der Waals surface area contributed by atoms with Crippen LogP contribution in [0.3, 0.4) is 0 Å². The van der Waals surface area contributed by atoms with E-state index >= 15 is 0 Å². The van der Waals surface area contributed by atoms with Gasteiger partial charge < -0.3 is 10.1 Å². The molecular formula is C12H10N2O. The summed E-state index contributed by atoms with van der Waals surface area (Å²) in [5.74, 6) is 1.16. The Morgan fingerprint density at radius 1 is 1.20 bits per heavy atom. The van der Waals surface area contributed by atoms with Crippen LogP contribution in [0.15, 0.2) is 30.3 Å². The molecule has 0 bridgehead atoms. The van der Waals surface area contributed by atoms with Crippen LogP contribution in [-0.2, 0) is 0 Å². The Kier molecular flexibility index (Phi) is 1.51. The normalized spacial score (nSPS) is 11.3. The van der Waals surface area contributed by atoms with Gasteiger partial charge in [0.25, 0.3) is 0 Å². The average Bonchev–Trinajstić information content (AvgIpc) is 2.58. The minimum absolute atomic E-state index is 0.274. The van der Waals surface area contributed by atoms with Crippen LogP contribution in [0.2, 0.25) is 0 Å². The average molecular weight is 198 g/mol. The summed E-state index contributed by atoms with van der Waals surface area (Å²) in [5, 5.41) is 11.5. The number of H-pyrrole nitrogens is 1. The van der Waals surface area contributed by atoms with Crippen LogP contribution in [0.1, 0.15) is 5.82 Å². The summed E-state index contributed by atoms with van der Waals surface area (Å²) >= 11 is 0. The molecule has 74 valence electrons. The second kappa shape index (κ2) is 2.73. The van der Waals surface area contributed by atoms with Gasteiger partial charge in [-0.3, -0.25) is 0 Å². The van der Waals surface area contributed by atoms with Gasteiger partial charge in [0.1, 0.15) is 11.6 Å². The number of phenols is 1. The number of aromatic amines is 1. The van der Waals surface area contributed by atoms with E-state index in [1.165, 1.54) is 0 Å². The van der Waals surface area contributed by atoms with Crippen molar-refractivity contribution in [2.24, 2.45) is 0 Å². The summed E-state index contributed by atoms with van der Waals surface area (Å²) in [6.45, 7) is 1.93. The molecule has 2 N–H and O–H groups in total. The molecule has 0 aliphatic rings. The molecule has 0 unspecified atom stereocenters. The first-order valence-electron chi connectivity index (χ1n) is 4.82. The zero-order valence-electron chi connectivity index (χ0n) is 8.28. The van der Waals surface area contributed by atoms with Crippen LogP contribution >= 0.6 is 0 Å². The first kappa shape index (κ1) is 8.29. The van der Waals surface area contributed by atoms with E-state index in [9.17, 15) is 5.11 Å². The van der Waals surface area contributed by atoms with Gasteiger partial charge in [0.15, 0.2) is 0 Å². The smallest absolute Gasteiger partial charge is 0.116 e. The third kappa shape index (κ3) is 1.16. The zero-order valence-corrected chi connectivity index (χ0v) is 8.28. The Hall–Kier alpha value is -2.03. The first-order chi connectivity index (χ1) is 7.24. The lowest BCUT2D eigenvalue weighted by atomic mass is 10.1. The molecule has 0 atom stereocenters. The largest absolute Gasteiger partial charge is 0.508 e. The van der Waals surface area contributed by atoms with Crippen LogP contribution in [0.25, 0.3) is 21.8 Å². The standard InChI is InChI=1S/C12H10N2O/c1-7-13-11-5-3-8-2-4-9(15)6-10(8)12(11)14-7/h2-6,15H,1H3,(H,13,14). The lowest BCUT2D eigenvalue weighted by Gasteiger charge is -1.99. The minimum atomic E-state index is 0.274. The van der Waals surface area contributed by atoms with E-state index in [0.29, 0.717) is 0 Å². The number of aromatic hydroxyl groups is 1. The third-order valence-corrected chi connectivity index (χ3v) is 2.57. The minimum Gasteiger partial charge on any atom is -0.508 e. The molecule has 3 heteroatoms. The van der Waals surface area contributed by atoms with E-state index in [-0.39, 0.29) is 5.75 Å². The number of nitrogens with zero attached hydrogens (tertiary/aromatic N) is 1. The van der Waals surface area contributed by atoms with Gasteiger partial charge in [-0.15, -0.1) is 0 Å². The van der Waals surface area contributed by atoms with Gasteiger partial charge in [0, 0.05) is 5.39 Å². The van der Waals surface area contributed by atoms with Crippen molar-refractivity contribution < 1.29 is 5.11 Å². The molecule has 0 amide bonds. The SMILES string of the molecule is Cc1nc2c(ccc3ccc(O)cc32)[nH]1. The summed E-state index contributed by atoms with van der Waals surface area (Å²) in [6, 6.07) is 9.36. The van der Waals surface area contributed by atoms with Gasteiger partial charge in [0.2, 0.25) is 0 Å². The summed E-state index contributed by atoms with van der Waals surface area (Å²) in [6.07, 6.45) is 0. The molecule has 0 saturated heterocycles. The molecule has 0 radical (unpaired) electrons. The van der Waals surface area contributed by atoms with Crippen molar-refractivity contribution in [2.45, 2.75) is 6.92 Å². The van der Waals surface area contributed by atoms with E-state index in [4.69, 9.17) is 0 Å². The van der Waals surface area contributed by atoms with Crippen LogP contribution in [0.5, 0.6) is 5.75 Å². The van der Waals surface area contributed by atoms with Crippen LogP contribution < -0.4 is 0 Å². The van der Waals surface area contributed by atoms with Crippen LogP contribution in [0.4, 0.5) is 0 Å². The van der Waals surface area contributed by atoms with Crippen molar-refractivity contribution >= 4 is 21.8 Å². The van der Waals surface area contributed by atoms with Gasteiger partial charge in [0.05, 0.1) is 11.0 Å². The first-order valence-corrected chi connectivity index (χ1v) is 4.82. The number of imidazole rings is 1. The predicted molar refractivity (Wildman–Crippen MR) is 60.0 cm³/mol. The fourth-order valence-corrected chi connectivity index (χ4v) is 1.90. The van der Waals surface area contributed by atoms with Gasteiger partial charge in [-0.05, 0) is 30.5 Å². The van der Waals surface area contributed by atoms with Gasteiger partial charge in [-0.25, -0.2) is 4.98 Å². The fraction of sp³-hybridized carbons (Fsp3) is 0.0833. The highest BCUT2D eigenvalue weighted by atomic mass is 16.3. The second-order valence-electron chi connectivity index (χ2n) is 3.69. The Balaban J connectivity index is 2.56. The molecule has 0 fully saturated rings. The Morgan fingerprint density at radius 2 is 2.00 bits per heavy atom. The molecule has 0 aliphatic carbocycles.